The molecular weight excluding hydrogens is 385 g/mol. The van der Waals surface area contributed by atoms with E-state index in [1.54, 1.807) is 18.2 Å². The van der Waals surface area contributed by atoms with Gasteiger partial charge in [-0.3, -0.25) is 4.79 Å². The Bertz CT molecular complexity index is 889. The summed E-state index contributed by atoms with van der Waals surface area (Å²) < 4.78 is 30.7. The van der Waals surface area contributed by atoms with Gasteiger partial charge in [0, 0.05) is 12.0 Å². The molecule has 0 radical (unpaired) electrons. The van der Waals surface area contributed by atoms with Crippen molar-refractivity contribution < 1.29 is 23.4 Å². The summed E-state index contributed by atoms with van der Waals surface area (Å²) in [6, 6.07) is 7.61. The minimum Gasteiger partial charge on any atom is -0.493 e. The van der Waals surface area contributed by atoms with Gasteiger partial charge in [0.25, 0.3) is 0 Å². The molecular formula is C21H21ClFNO4. The molecule has 0 fully saturated rings. The maximum atomic E-state index is 13.7. The van der Waals surface area contributed by atoms with Crippen molar-refractivity contribution in [2.75, 3.05) is 19.8 Å². The number of carbonyl (C=O) groups excluding carboxylic acids is 1. The van der Waals surface area contributed by atoms with E-state index in [2.05, 4.69) is 5.32 Å². The SMILES string of the molecule is O=C(Cc1cc(Cl)c2c(c1)OCCCO2)NC1CCCOc2ccc(F)cc21. The van der Waals surface area contributed by atoms with E-state index in [0.29, 0.717) is 54.1 Å². The fourth-order valence-corrected chi connectivity index (χ4v) is 3.80. The quantitative estimate of drug-likeness (QED) is 0.831. The number of halogens is 2. The van der Waals surface area contributed by atoms with Crippen LogP contribution in [0.4, 0.5) is 4.39 Å². The van der Waals surface area contributed by atoms with Gasteiger partial charge in [-0.05, 0) is 48.7 Å². The Morgan fingerprint density at radius 3 is 2.75 bits per heavy atom. The molecule has 5 nitrogen and oxygen atoms in total. The number of nitrogens with one attached hydrogen (secondary N) is 1. The molecule has 0 saturated carbocycles. The lowest BCUT2D eigenvalue weighted by Gasteiger charge is -2.19. The topological polar surface area (TPSA) is 56.8 Å². The number of ether oxygens (including phenoxy) is 3. The second-order valence-electron chi connectivity index (χ2n) is 6.93. The lowest BCUT2D eigenvalue weighted by molar-refractivity contribution is -0.121. The molecule has 148 valence electrons. The van der Waals surface area contributed by atoms with Crippen LogP contribution in [-0.4, -0.2) is 25.7 Å². The first-order chi connectivity index (χ1) is 13.6. The molecule has 1 unspecified atom stereocenters. The average molecular weight is 406 g/mol. The standard InChI is InChI=1S/C21H21ClFNO4/c22-16-9-13(10-19-21(16)28-8-2-7-27-19)11-20(25)24-17-3-1-6-26-18-5-4-14(23)12-15(17)18/h4-5,9-10,12,17H,1-3,6-8,11H2,(H,24,25). The summed E-state index contributed by atoms with van der Waals surface area (Å²) in [6.45, 7) is 1.64. The van der Waals surface area contributed by atoms with Crippen LogP contribution in [0.2, 0.25) is 5.02 Å². The zero-order chi connectivity index (χ0) is 19.5. The third kappa shape index (κ3) is 4.17. The highest BCUT2D eigenvalue weighted by atomic mass is 35.5. The Hall–Kier alpha value is -2.47. The maximum Gasteiger partial charge on any atom is 0.224 e. The first-order valence-corrected chi connectivity index (χ1v) is 9.77. The predicted octanol–water partition coefficient (Wildman–Crippen LogP) is 4.21. The molecule has 1 N–H and O–H groups in total. The normalized spacial score (nSPS) is 18.3. The molecule has 0 bridgehead atoms. The lowest BCUT2D eigenvalue weighted by atomic mass is 10.0. The van der Waals surface area contributed by atoms with Crippen molar-refractivity contribution in [3.8, 4) is 17.2 Å². The van der Waals surface area contributed by atoms with Crippen LogP contribution in [0.25, 0.3) is 0 Å². The van der Waals surface area contributed by atoms with E-state index in [9.17, 15) is 9.18 Å². The summed E-state index contributed by atoms with van der Waals surface area (Å²) in [5, 5.41) is 3.43. The summed E-state index contributed by atoms with van der Waals surface area (Å²) in [5.74, 6) is 1.17. The molecule has 28 heavy (non-hydrogen) atoms. The van der Waals surface area contributed by atoms with E-state index in [1.807, 2.05) is 0 Å². The number of hydrogen-bond donors (Lipinski definition) is 1. The number of carbonyl (C=O) groups is 1. The van der Waals surface area contributed by atoms with Crippen molar-refractivity contribution in [2.24, 2.45) is 0 Å². The molecule has 0 spiro atoms. The number of benzene rings is 2. The Labute approximate surface area is 167 Å². The average Bonchev–Trinajstić information content (AvgIpc) is 3.01. The Balaban J connectivity index is 1.50. The molecule has 0 saturated heterocycles. The maximum absolute atomic E-state index is 13.7. The van der Waals surface area contributed by atoms with Gasteiger partial charge in [0.15, 0.2) is 11.5 Å². The first kappa shape index (κ1) is 18.9. The zero-order valence-corrected chi connectivity index (χ0v) is 16.1. The van der Waals surface area contributed by atoms with Gasteiger partial charge in [-0.25, -0.2) is 4.39 Å². The molecule has 2 aromatic carbocycles. The molecule has 2 aliphatic rings. The van der Waals surface area contributed by atoms with Crippen molar-refractivity contribution in [3.63, 3.8) is 0 Å². The zero-order valence-electron chi connectivity index (χ0n) is 15.3. The number of amides is 1. The predicted molar refractivity (Wildman–Crippen MR) is 103 cm³/mol. The van der Waals surface area contributed by atoms with Crippen LogP contribution in [0.5, 0.6) is 17.2 Å². The lowest BCUT2D eigenvalue weighted by Crippen LogP contribution is -2.29. The molecule has 2 aliphatic heterocycles. The Morgan fingerprint density at radius 1 is 1.07 bits per heavy atom. The molecule has 2 heterocycles. The third-order valence-corrected chi connectivity index (χ3v) is 5.08. The summed E-state index contributed by atoms with van der Waals surface area (Å²) in [7, 11) is 0. The summed E-state index contributed by atoms with van der Waals surface area (Å²) in [4.78, 5) is 12.7. The Kier molecular flexibility index (Phi) is 5.57. The second kappa shape index (κ2) is 8.27. The number of hydrogen-bond acceptors (Lipinski definition) is 4. The molecule has 4 rings (SSSR count). The summed E-state index contributed by atoms with van der Waals surface area (Å²) >= 11 is 6.31. The van der Waals surface area contributed by atoms with Gasteiger partial charge in [-0.1, -0.05) is 11.6 Å². The van der Waals surface area contributed by atoms with Gasteiger partial charge >= 0.3 is 0 Å². The number of rotatable bonds is 3. The van der Waals surface area contributed by atoms with Gasteiger partial charge in [0.2, 0.25) is 5.91 Å². The second-order valence-corrected chi connectivity index (χ2v) is 7.33. The van der Waals surface area contributed by atoms with Crippen LogP contribution in [0.15, 0.2) is 30.3 Å². The van der Waals surface area contributed by atoms with Crippen LogP contribution in [0.3, 0.4) is 0 Å². The summed E-state index contributed by atoms with van der Waals surface area (Å²) in [6.07, 6.45) is 2.38. The van der Waals surface area contributed by atoms with Gasteiger partial charge in [0.05, 0.1) is 37.3 Å². The van der Waals surface area contributed by atoms with E-state index in [-0.39, 0.29) is 24.2 Å². The number of fused-ring (bicyclic) bond motifs is 2. The summed E-state index contributed by atoms with van der Waals surface area (Å²) in [5.41, 5.74) is 1.40. The highest BCUT2D eigenvalue weighted by Gasteiger charge is 2.23. The van der Waals surface area contributed by atoms with Crippen molar-refractivity contribution in [2.45, 2.75) is 31.7 Å². The van der Waals surface area contributed by atoms with Crippen LogP contribution in [0.1, 0.15) is 36.4 Å². The first-order valence-electron chi connectivity index (χ1n) is 9.40. The van der Waals surface area contributed by atoms with Gasteiger partial charge in [-0.2, -0.15) is 0 Å². The van der Waals surface area contributed by atoms with Crippen molar-refractivity contribution in [1.82, 2.24) is 5.32 Å². The minimum atomic E-state index is -0.349. The van der Waals surface area contributed by atoms with Crippen LogP contribution in [-0.2, 0) is 11.2 Å². The molecule has 1 amide bonds. The molecule has 1 atom stereocenters. The largest absolute Gasteiger partial charge is 0.493 e. The van der Waals surface area contributed by atoms with Gasteiger partial charge in [-0.15, -0.1) is 0 Å². The highest BCUT2D eigenvalue weighted by molar-refractivity contribution is 6.32. The Morgan fingerprint density at radius 2 is 1.86 bits per heavy atom. The van der Waals surface area contributed by atoms with E-state index in [1.165, 1.54) is 12.1 Å². The molecule has 0 aliphatic carbocycles. The van der Waals surface area contributed by atoms with Crippen molar-refractivity contribution in [1.29, 1.82) is 0 Å². The van der Waals surface area contributed by atoms with Crippen molar-refractivity contribution >= 4 is 17.5 Å². The third-order valence-electron chi connectivity index (χ3n) is 4.80. The van der Waals surface area contributed by atoms with E-state index >= 15 is 0 Å². The van der Waals surface area contributed by atoms with Crippen LogP contribution >= 0.6 is 11.6 Å². The van der Waals surface area contributed by atoms with E-state index in [4.69, 9.17) is 25.8 Å². The highest BCUT2D eigenvalue weighted by Crippen LogP contribution is 2.38. The molecule has 0 aromatic heterocycles. The van der Waals surface area contributed by atoms with Gasteiger partial charge in [0.1, 0.15) is 11.6 Å². The fourth-order valence-electron chi connectivity index (χ4n) is 3.52. The van der Waals surface area contributed by atoms with E-state index in [0.717, 1.165) is 18.4 Å². The van der Waals surface area contributed by atoms with Crippen LogP contribution < -0.4 is 19.5 Å². The van der Waals surface area contributed by atoms with Gasteiger partial charge < -0.3 is 19.5 Å². The molecule has 2 aromatic rings. The van der Waals surface area contributed by atoms with E-state index < -0.39 is 0 Å². The minimum absolute atomic E-state index is 0.137. The van der Waals surface area contributed by atoms with Crippen molar-refractivity contribution in [3.05, 3.63) is 52.3 Å². The molecule has 7 heteroatoms. The monoisotopic (exact) mass is 405 g/mol. The fraction of sp³-hybridized carbons (Fsp3) is 0.381. The smallest absolute Gasteiger partial charge is 0.224 e. The van der Waals surface area contributed by atoms with Crippen LogP contribution in [0, 0.1) is 5.82 Å².